The minimum Gasteiger partial charge on any atom is -0.352 e. The molecule has 0 unspecified atom stereocenters. The van der Waals surface area contributed by atoms with Crippen molar-refractivity contribution in [1.82, 2.24) is 10.2 Å². The van der Waals surface area contributed by atoms with Crippen molar-refractivity contribution in [3.05, 3.63) is 101 Å². The van der Waals surface area contributed by atoms with Crippen LogP contribution < -0.4 is 9.62 Å². The van der Waals surface area contributed by atoms with Gasteiger partial charge in [-0.15, -0.1) is 0 Å². The van der Waals surface area contributed by atoms with E-state index >= 15 is 0 Å². The van der Waals surface area contributed by atoms with Gasteiger partial charge in [-0.05, 0) is 109 Å². The van der Waals surface area contributed by atoms with Crippen molar-refractivity contribution in [3.63, 3.8) is 0 Å². The molecule has 7 nitrogen and oxygen atoms in total. The molecule has 5 aliphatic rings. The first-order valence-corrected chi connectivity index (χ1v) is 20.7. The summed E-state index contributed by atoms with van der Waals surface area (Å²) >= 11 is 6.63. The van der Waals surface area contributed by atoms with Gasteiger partial charge in [0.1, 0.15) is 12.6 Å². The molecule has 3 aromatic rings. The van der Waals surface area contributed by atoms with E-state index in [1.807, 2.05) is 60.7 Å². The van der Waals surface area contributed by atoms with E-state index in [1.54, 1.807) is 6.07 Å². The molecule has 0 spiro atoms. The van der Waals surface area contributed by atoms with Gasteiger partial charge >= 0.3 is 0 Å². The highest BCUT2D eigenvalue weighted by molar-refractivity contribution is 7.92. The summed E-state index contributed by atoms with van der Waals surface area (Å²) in [6.07, 6.45) is 14.2. The van der Waals surface area contributed by atoms with E-state index in [2.05, 4.69) is 17.4 Å². The Morgan fingerprint density at radius 1 is 0.840 bits per heavy atom. The molecule has 9 heteroatoms. The molecule has 4 bridgehead atoms. The lowest BCUT2D eigenvalue weighted by atomic mass is 9.48. The first kappa shape index (κ1) is 35.1. The van der Waals surface area contributed by atoms with Crippen LogP contribution in [0.2, 0.25) is 5.02 Å². The highest BCUT2D eigenvalue weighted by Crippen LogP contribution is 2.60. The van der Waals surface area contributed by atoms with Crippen LogP contribution in [0.5, 0.6) is 0 Å². The SMILES string of the molecule is CS(=O)(=O)N(CC(=O)N(Cc1ccccc1Cl)[C@H](Cc1ccccc1)C(=O)NC1CCCCC1)c1ccc(C23CC4CC(CC(C4)C2)C3)cc1. The average Bonchev–Trinajstić information content (AvgIpc) is 3.09. The number of sulfonamides is 1. The van der Waals surface area contributed by atoms with E-state index in [0.717, 1.165) is 61.7 Å². The van der Waals surface area contributed by atoms with E-state index in [0.29, 0.717) is 16.3 Å². The van der Waals surface area contributed by atoms with Gasteiger partial charge in [0.15, 0.2) is 0 Å². The zero-order valence-electron chi connectivity index (χ0n) is 29.1. The Morgan fingerprint density at radius 2 is 1.44 bits per heavy atom. The monoisotopic (exact) mass is 715 g/mol. The number of benzene rings is 3. The lowest BCUT2D eigenvalue weighted by molar-refractivity contribution is -0.140. The molecule has 1 N–H and O–H groups in total. The molecule has 0 saturated heterocycles. The summed E-state index contributed by atoms with van der Waals surface area (Å²) in [5, 5.41) is 3.74. The number of hydrogen-bond donors (Lipinski definition) is 1. The molecule has 1 atom stereocenters. The molecule has 5 fully saturated rings. The molecule has 0 heterocycles. The molecule has 3 aromatic carbocycles. The van der Waals surface area contributed by atoms with Gasteiger partial charge in [0.05, 0.1) is 11.9 Å². The van der Waals surface area contributed by atoms with Crippen molar-refractivity contribution >= 4 is 39.1 Å². The molecule has 266 valence electrons. The maximum atomic E-state index is 14.6. The number of carbonyl (C=O) groups is 2. The molecule has 5 aliphatic carbocycles. The topological polar surface area (TPSA) is 86.8 Å². The molecular formula is C41H50ClN3O4S. The van der Waals surface area contributed by atoms with Gasteiger partial charge in [-0.25, -0.2) is 8.42 Å². The minimum absolute atomic E-state index is 0.0480. The van der Waals surface area contributed by atoms with E-state index < -0.39 is 28.5 Å². The Kier molecular flexibility index (Phi) is 10.3. The third-order valence-electron chi connectivity index (χ3n) is 12.0. The summed E-state index contributed by atoms with van der Waals surface area (Å²) in [7, 11) is -3.85. The van der Waals surface area contributed by atoms with Gasteiger partial charge in [-0.1, -0.05) is 91.5 Å². The number of amides is 2. The summed E-state index contributed by atoms with van der Waals surface area (Å²) in [4.78, 5) is 30.4. The van der Waals surface area contributed by atoms with Crippen LogP contribution >= 0.6 is 11.6 Å². The summed E-state index contributed by atoms with van der Waals surface area (Å²) in [6, 6.07) is 24.1. The number of halogens is 1. The van der Waals surface area contributed by atoms with Gasteiger partial charge in [-0.2, -0.15) is 0 Å². The van der Waals surface area contributed by atoms with Gasteiger partial charge in [0.2, 0.25) is 21.8 Å². The third kappa shape index (κ3) is 7.76. The number of nitrogens with zero attached hydrogens (tertiary/aromatic N) is 2. The molecule has 0 aromatic heterocycles. The van der Waals surface area contributed by atoms with Crippen LogP contribution in [-0.4, -0.2) is 50.0 Å². The van der Waals surface area contributed by atoms with Crippen molar-refractivity contribution in [2.24, 2.45) is 17.8 Å². The Labute approximate surface area is 302 Å². The predicted octanol–water partition coefficient (Wildman–Crippen LogP) is 7.66. The normalized spacial score (nSPS) is 25.2. The second-order valence-electron chi connectivity index (χ2n) is 15.7. The number of rotatable bonds is 12. The van der Waals surface area contributed by atoms with Crippen LogP contribution in [0.4, 0.5) is 5.69 Å². The third-order valence-corrected chi connectivity index (χ3v) is 13.5. The van der Waals surface area contributed by atoms with Crippen molar-refractivity contribution in [3.8, 4) is 0 Å². The van der Waals surface area contributed by atoms with E-state index in [1.165, 1.54) is 53.3 Å². The highest BCUT2D eigenvalue weighted by atomic mass is 35.5. The van der Waals surface area contributed by atoms with Crippen LogP contribution in [0, 0.1) is 17.8 Å². The standard InChI is InChI=1S/C41H50ClN3O4S/c1-50(48,49)45(36-18-16-34(17-19-36)41-24-30-20-31(25-41)22-32(21-30)26-41)28-39(46)44(27-33-12-8-9-15-37(33)42)38(23-29-10-4-2-5-11-29)40(47)43-35-13-6-3-7-14-35/h2,4-5,8-12,15-19,30-32,35,38H,3,6-7,13-14,20-28H2,1H3,(H,43,47)/t30?,31?,32?,38-,41?/m1/s1. The zero-order valence-corrected chi connectivity index (χ0v) is 30.7. The molecular weight excluding hydrogens is 666 g/mol. The largest absolute Gasteiger partial charge is 0.352 e. The summed E-state index contributed by atoms with van der Waals surface area (Å²) in [5.74, 6) is 1.71. The average molecular weight is 716 g/mol. The maximum Gasteiger partial charge on any atom is 0.244 e. The molecule has 8 rings (SSSR count). The Balaban J connectivity index is 1.19. The first-order valence-electron chi connectivity index (χ1n) is 18.5. The smallest absolute Gasteiger partial charge is 0.244 e. The van der Waals surface area contributed by atoms with Gasteiger partial charge < -0.3 is 10.2 Å². The van der Waals surface area contributed by atoms with E-state index in [4.69, 9.17) is 11.6 Å². The van der Waals surface area contributed by atoms with E-state index in [-0.39, 0.29) is 30.3 Å². The molecule has 0 radical (unpaired) electrons. The van der Waals surface area contributed by atoms with Crippen LogP contribution in [-0.2, 0) is 38.0 Å². The van der Waals surface area contributed by atoms with Crippen LogP contribution in [0.15, 0.2) is 78.9 Å². The van der Waals surface area contributed by atoms with Crippen LogP contribution in [0.3, 0.4) is 0 Å². The second kappa shape index (κ2) is 14.7. The fourth-order valence-corrected chi connectivity index (χ4v) is 11.0. The number of hydrogen-bond acceptors (Lipinski definition) is 4. The Morgan fingerprint density at radius 3 is 2.04 bits per heavy atom. The maximum absolute atomic E-state index is 14.6. The van der Waals surface area contributed by atoms with Crippen LogP contribution in [0.25, 0.3) is 0 Å². The fraction of sp³-hybridized carbons (Fsp3) is 0.512. The van der Waals surface area contributed by atoms with Crippen molar-refractivity contribution < 1.29 is 18.0 Å². The lowest BCUT2D eigenvalue weighted by Gasteiger charge is -2.57. The van der Waals surface area contributed by atoms with Crippen LogP contribution in [0.1, 0.15) is 87.3 Å². The lowest BCUT2D eigenvalue weighted by Crippen LogP contribution is -2.55. The van der Waals surface area contributed by atoms with E-state index in [9.17, 15) is 18.0 Å². The van der Waals surface area contributed by atoms with Crippen molar-refractivity contribution in [1.29, 1.82) is 0 Å². The highest BCUT2D eigenvalue weighted by Gasteiger charge is 2.51. The molecule has 0 aliphatic heterocycles. The number of anilines is 1. The van der Waals surface area contributed by atoms with Crippen molar-refractivity contribution in [2.75, 3.05) is 17.1 Å². The summed E-state index contributed by atoms with van der Waals surface area (Å²) in [6.45, 7) is -0.362. The quantitative estimate of drug-likeness (QED) is 0.209. The summed E-state index contributed by atoms with van der Waals surface area (Å²) < 4.78 is 28.0. The summed E-state index contributed by atoms with van der Waals surface area (Å²) in [5.41, 5.74) is 3.53. The molecule has 2 amide bonds. The predicted molar refractivity (Wildman–Crippen MR) is 199 cm³/mol. The first-order chi connectivity index (χ1) is 24.1. The minimum atomic E-state index is -3.85. The van der Waals surface area contributed by atoms with Gasteiger partial charge in [0, 0.05) is 24.0 Å². The zero-order chi connectivity index (χ0) is 34.9. The molecule has 50 heavy (non-hydrogen) atoms. The Bertz CT molecular complexity index is 1740. The molecule has 5 saturated carbocycles. The Hall–Kier alpha value is -3.36. The second-order valence-corrected chi connectivity index (χ2v) is 18.0. The van der Waals surface area contributed by atoms with Crippen molar-refractivity contribution in [2.45, 2.75) is 101 Å². The number of nitrogens with one attached hydrogen (secondary N) is 1. The van der Waals surface area contributed by atoms with Gasteiger partial charge in [-0.3, -0.25) is 13.9 Å². The fourth-order valence-electron chi connectivity index (χ4n) is 9.97. The van der Waals surface area contributed by atoms with Gasteiger partial charge in [0.25, 0.3) is 0 Å². The number of carbonyl (C=O) groups excluding carboxylic acids is 2.